The smallest absolute Gasteiger partial charge is 0.306 e. The highest BCUT2D eigenvalue weighted by Crippen LogP contribution is 2.29. The molecule has 1 saturated carbocycles. The van der Waals surface area contributed by atoms with Crippen LogP contribution in [0.4, 0.5) is 0 Å². The number of hydrogen-bond acceptors (Lipinski definition) is 3. The molecule has 1 aromatic rings. The zero-order valence-corrected chi connectivity index (χ0v) is 13.0. The molecule has 4 heteroatoms. The summed E-state index contributed by atoms with van der Waals surface area (Å²) in [6.07, 6.45) is 5.61. The van der Waals surface area contributed by atoms with E-state index < -0.39 is 5.97 Å². The molecule has 20 heavy (non-hydrogen) atoms. The van der Waals surface area contributed by atoms with Gasteiger partial charge in [-0.25, -0.2) is 0 Å². The molecule has 0 heterocycles. The maximum atomic E-state index is 11.0. The molecule has 0 aromatic heterocycles. The van der Waals surface area contributed by atoms with Gasteiger partial charge in [0.2, 0.25) is 0 Å². The van der Waals surface area contributed by atoms with Gasteiger partial charge < -0.3 is 10.4 Å². The molecule has 3 nitrogen and oxygen atoms in total. The molecule has 110 valence electrons. The van der Waals surface area contributed by atoms with E-state index in [0.717, 1.165) is 25.7 Å². The summed E-state index contributed by atoms with van der Waals surface area (Å²) in [5, 5.41) is 12.7. The first-order chi connectivity index (χ1) is 9.61. The summed E-state index contributed by atoms with van der Waals surface area (Å²) in [7, 11) is 0. The van der Waals surface area contributed by atoms with Crippen molar-refractivity contribution in [1.29, 1.82) is 0 Å². The third-order valence-electron chi connectivity index (χ3n) is 4.17. The first-order valence-electron chi connectivity index (χ1n) is 7.23. The molecular weight excluding hydrogens is 270 g/mol. The van der Waals surface area contributed by atoms with Crippen molar-refractivity contribution in [3.63, 3.8) is 0 Å². The van der Waals surface area contributed by atoms with Crippen molar-refractivity contribution in [2.75, 3.05) is 6.26 Å². The predicted octanol–water partition coefficient (Wildman–Crippen LogP) is 3.70. The first kappa shape index (κ1) is 15.4. The minimum Gasteiger partial charge on any atom is -0.481 e. The van der Waals surface area contributed by atoms with Gasteiger partial charge in [-0.2, -0.15) is 0 Å². The highest BCUT2D eigenvalue weighted by Gasteiger charge is 2.26. The van der Waals surface area contributed by atoms with Gasteiger partial charge in [0, 0.05) is 17.0 Å². The number of aliphatic carboxylic acids is 1. The molecule has 0 spiro atoms. The Morgan fingerprint density at radius 2 is 1.95 bits per heavy atom. The second kappa shape index (κ2) is 7.14. The normalized spacial score (nSPS) is 24.3. The van der Waals surface area contributed by atoms with Crippen LogP contribution in [0.25, 0.3) is 0 Å². The summed E-state index contributed by atoms with van der Waals surface area (Å²) in [6.45, 7) is 2.19. The summed E-state index contributed by atoms with van der Waals surface area (Å²) in [6, 6.07) is 9.22. The van der Waals surface area contributed by atoms with Crippen molar-refractivity contribution in [3.8, 4) is 0 Å². The molecule has 1 aromatic carbocycles. The molecule has 1 fully saturated rings. The molecule has 0 amide bonds. The minimum atomic E-state index is -0.635. The molecule has 0 saturated heterocycles. The maximum absolute atomic E-state index is 11.0. The van der Waals surface area contributed by atoms with Gasteiger partial charge in [0.1, 0.15) is 0 Å². The zero-order valence-electron chi connectivity index (χ0n) is 12.1. The fourth-order valence-corrected chi connectivity index (χ4v) is 3.67. The van der Waals surface area contributed by atoms with Gasteiger partial charge in [-0.05, 0) is 50.5 Å². The predicted molar refractivity (Wildman–Crippen MR) is 83.2 cm³/mol. The topological polar surface area (TPSA) is 49.3 Å². The Balaban J connectivity index is 1.92. The Hall–Kier alpha value is -1.00. The lowest BCUT2D eigenvalue weighted by Gasteiger charge is -2.30. The van der Waals surface area contributed by atoms with Crippen LogP contribution >= 0.6 is 11.8 Å². The second-order valence-electron chi connectivity index (χ2n) is 5.52. The minimum absolute atomic E-state index is 0.137. The average molecular weight is 293 g/mol. The van der Waals surface area contributed by atoms with E-state index in [1.54, 1.807) is 11.8 Å². The standard InChI is InChI=1S/C16H23NO2S/c1-11(14-5-3-4-6-15(14)20-2)17-13-9-7-12(8-10-13)16(18)19/h3-6,11-13,17H,7-10H2,1-2H3,(H,18,19)/t11-,12?,13?/m1/s1. The lowest BCUT2D eigenvalue weighted by atomic mass is 9.85. The largest absolute Gasteiger partial charge is 0.481 e. The highest BCUT2D eigenvalue weighted by atomic mass is 32.2. The Morgan fingerprint density at radius 1 is 1.30 bits per heavy atom. The molecule has 0 bridgehead atoms. The summed E-state index contributed by atoms with van der Waals surface area (Å²) in [5.41, 5.74) is 1.33. The quantitative estimate of drug-likeness (QED) is 0.813. The fraction of sp³-hybridized carbons (Fsp3) is 0.562. The Kier molecular flexibility index (Phi) is 5.49. The fourth-order valence-electron chi connectivity index (χ4n) is 2.97. The first-order valence-corrected chi connectivity index (χ1v) is 8.46. The highest BCUT2D eigenvalue weighted by molar-refractivity contribution is 7.98. The zero-order chi connectivity index (χ0) is 14.5. The van der Waals surface area contributed by atoms with Crippen LogP contribution in [0.1, 0.15) is 44.2 Å². The van der Waals surface area contributed by atoms with Crippen LogP contribution < -0.4 is 5.32 Å². The summed E-state index contributed by atoms with van der Waals surface area (Å²) in [4.78, 5) is 12.3. The van der Waals surface area contributed by atoms with Crippen LogP contribution in [0.15, 0.2) is 29.2 Å². The van der Waals surface area contributed by atoms with Crippen LogP contribution in [-0.4, -0.2) is 23.4 Å². The number of carboxylic acids is 1. The molecule has 2 N–H and O–H groups in total. The van der Waals surface area contributed by atoms with Crippen LogP contribution in [0.2, 0.25) is 0 Å². The molecule has 0 unspecified atom stereocenters. The molecule has 0 aliphatic heterocycles. The number of rotatable bonds is 5. The monoisotopic (exact) mass is 293 g/mol. The van der Waals surface area contributed by atoms with E-state index in [-0.39, 0.29) is 5.92 Å². The summed E-state index contributed by atoms with van der Waals surface area (Å²) >= 11 is 1.77. The van der Waals surface area contributed by atoms with Crippen molar-refractivity contribution in [3.05, 3.63) is 29.8 Å². The van der Waals surface area contributed by atoms with Crippen LogP contribution in [0.5, 0.6) is 0 Å². The van der Waals surface area contributed by atoms with Gasteiger partial charge in [-0.15, -0.1) is 11.8 Å². The van der Waals surface area contributed by atoms with Crippen molar-refractivity contribution in [2.45, 2.75) is 49.6 Å². The number of hydrogen-bond donors (Lipinski definition) is 2. The molecule has 1 atom stereocenters. The summed E-state index contributed by atoms with van der Waals surface area (Å²) < 4.78 is 0. The van der Waals surface area contributed by atoms with Gasteiger partial charge in [-0.1, -0.05) is 18.2 Å². The van der Waals surface area contributed by atoms with Crippen molar-refractivity contribution >= 4 is 17.7 Å². The Morgan fingerprint density at radius 3 is 2.55 bits per heavy atom. The van der Waals surface area contributed by atoms with Crippen LogP contribution in [0.3, 0.4) is 0 Å². The van der Waals surface area contributed by atoms with E-state index >= 15 is 0 Å². The molecule has 1 aliphatic carbocycles. The average Bonchev–Trinajstić information content (AvgIpc) is 2.47. The third-order valence-corrected chi connectivity index (χ3v) is 4.98. The van der Waals surface area contributed by atoms with E-state index in [1.165, 1.54) is 10.5 Å². The van der Waals surface area contributed by atoms with Crippen molar-refractivity contribution < 1.29 is 9.90 Å². The molecule has 0 radical (unpaired) electrons. The van der Waals surface area contributed by atoms with Crippen LogP contribution in [-0.2, 0) is 4.79 Å². The third kappa shape index (κ3) is 3.76. The molecule has 1 aliphatic rings. The van der Waals surface area contributed by atoms with E-state index in [0.29, 0.717) is 12.1 Å². The number of benzene rings is 1. The molecular formula is C16H23NO2S. The van der Waals surface area contributed by atoms with Crippen LogP contribution in [0, 0.1) is 5.92 Å². The van der Waals surface area contributed by atoms with E-state index in [9.17, 15) is 4.79 Å². The van der Waals surface area contributed by atoms with E-state index in [4.69, 9.17) is 5.11 Å². The lowest BCUT2D eigenvalue weighted by molar-refractivity contribution is -0.142. The Bertz CT molecular complexity index is 456. The number of carboxylic acid groups (broad SMARTS) is 1. The number of thioether (sulfide) groups is 1. The number of nitrogens with one attached hydrogen (secondary N) is 1. The number of carbonyl (C=O) groups is 1. The Labute approximate surface area is 125 Å². The summed E-state index contributed by atoms with van der Waals surface area (Å²) in [5.74, 6) is -0.772. The molecule has 2 rings (SSSR count). The van der Waals surface area contributed by atoms with Crippen molar-refractivity contribution in [2.24, 2.45) is 5.92 Å². The second-order valence-corrected chi connectivity index (χ2v) is 6.37. The van der Waals surface area contributed by atoms with Gasteiger partial charge in [0.15, 0.2) is 0 Å². The lowest BCUT2D eigenvalue weighted by Crippen LogP contribution is -2.36. The van der Waals surface area contributed by atoms with E-state index in [2.05, 4.69) is 42.8 Å². The van der Waals surface area contributed by atoms with E-state index in [1.807, 2.05) is 0 Å². The maximum Gasteiger partial charge on any atom is 0.306 e. The van der Waals surface area contributed by atoms with Gasteiger partial charge in [0.25, 0.3) is 0 Å². The van der Waals surface area contributed by atoms with Gasteiger partial charge >= 0.3 is 5.97 Å². The van der Waals surface area contributed by atoms with Gasteiger partial charge in [-0.3, -0.25) is 4.79 Å². The van der Waals surface area contributed by atoms with Gasteiger partial charge in [0.05, 0.1) is 5.92 Å². The van der Waals surface area contributed by atoms with Crippen molar-refractivity contribution in [1.82, 2.24) is 5.32 Å². The SMILES string of the molecule is CSc1ccccc1[C@@H](C)NC1CCC(C(=O)O)CC1.